The van der Waals surface area contributed by atoms with Crippen LogP contribution in [-0.2, 0) is 21.7 Å². The quantitative estimate of drug-likeness (QED) is 0.153. The molecule has 0 amide bonds. The summed E-state index contributed by atoms with van der Waals surface area (Å²) in [6.45, 7) is 21.9. The Morgan fingerprint density at radius 3 is 1.53 bits per heavy atom. The van der Waals surface area contributed by atoms with Crippen LogP contribution < -0.4 is 21.1 Å². The van der Waals surface area contributed by atoms with Gasteiger partial charge in [0.2, 0.25) is 0 Å². The summed E-state index contributed by atoms with van der Waals surface area (Å²) >= 11 is 0. The summed E-state index contributed by atoms with van der Waals surface area (Å²) in [6.07, 6.45) is 4.56. The lowest BCUT2D eigenvalue weighted by atomic mass is 9.55. The van der Waals surface area contributed by atoms with Gasteiger partial charge in [0.1, 0.15) is 0 Å². The van der Waals surface area contributed by atoms with Crippen molar-refractivity contribution in [2.24, 2.45) is 0 Å². The predicted octanol–water partition coefficient (Wildman–Crippen LogP) is 19.1. The predicted molar refractivity (Wildman–Crippen MR) is 339 cm³/mol. The molecule has 0 fully saturated rings. The van der Waals surface area contributed by atoms with Gasteiger partial charge < -0.3 is 14.8 Å². The third kappa shape index (κ3) is 8.07. The van der Waals surface area contributed by atoms with Crippen molar-refractivity contribution in [2.45, 2.75) is 110 Å². The van der Waals surface area contributed by atoms with Crippen LogP contribution in [0.4, 0.5) is 28.4 Å². The largest absolute Gasteiger partial charge is 0.355 e. The second kappa shape index (κ2) is 18.0. The molecule has 0 spiro atoms. The van der Waals surface area contributed by atoms with E-state index in [0.717, 1.165) is 54.1 Å². The molecule has 0 bridgehead atoms. The molecule has 0 saturated carbocycles. The Hall–Kier alpha value is -8.08. The van der Waals surface area contributed by atoms with Gasteiger partial charge in [-0.25, -0.2) is 0 Å². The van der Waals surface area contributed by atoms with Crippen LogP contribution in [0.5, 0.6) is 0 Å². The van der Waals surface area contributed by atoms with Crippen LogP contribution in [0.1, 0.15) is 109 Å². The Labute approximate surface area is 468 Å². The molecule has 3 nitrogen and oxygen atoms in total. The lowest BCUT2D eigenvalue weighted by Crippen LogP contribution is -2.41. The van der Waals surface area contributed by atoms with Gasteiger partial charge in [-0.1, -0.05) is 206 Å². The number of rotatable bonds is 8. The molecule has 1 aromatic heterocycles. The number of aromatic nitrogens is 1. The van der Waals surface area contributed by atoms with E-state index in [4.69, 9.17) is 0 Å². The Kier molecular flexibility index (Phi) is 11.2. The molecule has 1 aliphatic heterocycles. The third-order valence-electron chi connectivity index (χ3n) is 18.8. The lowest BCUT2D eigenvalue weighted by Gasteiger charge is -2.43. The zero-order chi connectivity index (χ0) is 54.2. The van der Waals surface area contributed by atoms with E-state index in [1.54, 1.807) is 0 Å². The normalized spacial score (nSPS) is 16.2. The molecular weight excluding hydrogens is 954 g/mol. The smallest absolute Gasteiger partial charge is 0.197 e. The highest BCUT2D eigenvalue weighted by molar-refractivity contribution is 6.74. The van der Waals surface area contributed by atoms with Crippen molar-refractivity contribution in [2.75, 3.05) is 10.2 Å². The minimum Gasteiger partial charge on any atom is -0.355 e. The number of hydrogen-bond donors (Lipinski definition) is 1. The van der Waals surface area contributed by atoms with Gasteiger partial charge in [0.15, 0.2) is 7.28 Å². The number of fused-ring (bicyclic) bond motifs is 9. The summed E-state index contributed by atoms with van der Waals surface area (Å²) < 4.78 is 2.70. The average molecular weight is 1020 g/mol. The summed E-state index contributed by atoms with van der Waals surface area (Å²) in [6, 6.07) is 75.7. The Balaban J connectivity index is 1.15. The van der Waals surface area contributed by atoms with Crippen molar-refractivity contribution in [3.63, 3.8) is 0 Å². The minimum absolute atomic E-state index is 0.00329. The minimum atomic E-state index is -0.0270. The van der Waals surface area contributed by atoms with Crippen molar-refractivity contribution in [3.8, 4) is 39.1 Å². The maximum absolute atomic E-state index is 4.10. The monoisotopic (exact) mass is 1020 g/mol. The van der Waals surface area contributed by atoms with E-state index in [0.29, 0.717) is 0 Å². The van der Waals surface area contributed by atoms with Gasteiger partial charge in [0, 0.05) is 50.2 Å². The van der Waals surface area contributed by atoms with Crippen LogP contribution in [-0.4, -0.2) is 11.8 Å². The fourth-order valence-corrected chi connectivity index (χ4v) is 13.9. The van der Waals surface area contributed by atoms with E-state index < -0.39 is 0 Å². The van der Waals surface area contributed by atoms with E-state index >= 15 is 0 Å². The van der Waals surface area contributed by atoms with Crippen LogP contribution in [0.15, 0.2) is 200 Å². The van der Waals surface area contributed by atoms with Crippen LogP contribution in [0.25, 0.3) is 71.6 Å². The fraction of sp³-hybridized carbons (Fsp3) is 0.227. The van der Waals surface area contributed by atoms with Gasteiger partial charge in [-0.3, -0.25) is 0 Å². The first-order valence-corrected chi connectivity index (χ1v) is 28.7. The maximum Gasteiger partial charge on any atom is 0.197 e. The van der Waals surface area contributed by atoms with E-state index in [1.165, 1.54) is 110 Å². The molecule has 0 saturated heterocycles. The number of aryl methyl sites for hydroxylation is 1. The molecule has 0 atom stereocenters. The number of benzene rings is 10. The maximum atomic E-state index is 4.10. The van der Waals surface area contributed by atoms with Crippen molar-refractivity contribution >= 4 is 79.2 Å². The highest BCUT2D eigenvalue weighted by Gasteiger charge is 2.42. The number of anilines is 5. The van der Waals surface area contributed by atoms with Crippen LogP contribution in [0.3, 0.4) is 0 Å². The Bertz CT molecular complexity index is 4130. The van der Waals surface area contributed by atoms with Crippen molar-refractivity contribution in [3.05, 3.63) is 228 Å². The average Bonchev–Trinajstić information content (AvgIpc) is 3.58. The summed E-state index contributed by atoms with van der Waals surface area (Å²) in [5.41, 5.74) is 26.1. The molecule has 79 heavy (non-hydrogen) atoms. The zero-order valence-electron chi connectivity index (χ0n) is 47.4. The number of hydrogen-bond acceptors (Lipinski definition) is 2. The first-order chi connectivity index (χ1) is 38.0. The van der Waals surface area contributed by atoms with Gasteiger partial charge in [-0.15, -0.1) is 0 Å². The SMILES string of the molecule is Cc1ccc(Nc2cc3c(cc2-c2cc(N(c4ccc(-c5ccccc5)cc4)c4ccc(-c5ccccc5)cc4)c4c5ccc6ccccc6c5n5c4c2[B]c2cc4c(cc2-5)C(C)(C)CCC4(C)C)C(C)(C)CCC3(C)C)cc1. The van der Waals surface area contributed by atoms with Gasteiger partial charge in [-0.05, 0) is 176 Å². The number of nitrogens with zero attached hydrogens (tertiary/aromatic N) is 2. The molecule has 1 N–H and O–H groups in total. The van der Waals surface area contributed by atoms with Crippen LogP contribution >= 0.6 is 0 Å². The second-order valence-corrected chi connectivity index (χ2v) is 25.8. The fourth-order valence-electron chi connectivity index (χ4n) is 13.9. The summed E-state index contributed by atoms with van der Waals surface area (Å²) in [5, 5.41) is 9.08. The van der Waals surface area contributed by atoms with E-state index in [1.807, 2.05) is 0 Å². The first-order valence-electron chi connectivity index (χ1n) is 28.7. The Morgan fingerprint density at radius 1 is 0.443 bits per heavy atom. The molecule has 387 valence electrons. The van der Waals surface area contributed by atoms with Crippen molar-refractivity contribution in [1.82, 2.24) is 4.57 Å². The molecule has 11 aromatic rings. The van der Waals surface area contributed by atoms with Gasteiger partial charge in [0.25, 0.3) is 0 Å². The van der Waals surface area contributed by atoms with E-state index in [-0.39, 0.29) is 21.7 Å². The molecular formula is C75H69BN3. The summed E-state index contributed by atoms with van der Waals surface area (Å²) in [4.78, 5) is 2.55. The molecule has 10 aromatic carbocycles. The van der Waals surface area contributed by atoms with Crippen molar-refractivity contribution in [1.29, 1.82) is 0 Å². The van der Waals surface area contributed by atoms with E-state index in [2.05, 4.69) is 285 Å². The third-order valence-corrected chi connectivity index (χ3v) is 18.8. The van der Waals surface area contributed by atoms with Crippen molar-refractivity contribution < 1.29 is 0 Å². The molecule has 0 unspecified atom stereocenters. The first kappa shape index (κ1) is 49.2. The summed E-state index contributed by atoms with van der Waals surface area (Å²) in [7, 11) is 2.58. The highest BCUT2D eigenvalue weighted by atomic mass is 15.1. The van der Waals surface area contributed by atoms with Crippen LogP contribution in [0.2, 0.25) is 0 Å². The van der Waals surface area contributed by atoms with Gasteiger partial charge in [0.05, 0.1) is 16.7 Å². The molecule has 2 aliphatic carbocycles. The van der Waals surface area contributed by atoms with Gasteiger partial charge in [-0.2, -0.15) is 0 Å². The molecule has 4 heteroatoms. The Morgan fingerprint density at radius 2 is 0.949 bits per heavy atom. The topological polar surface area (TPSA) is 20.2 Å². The van der Waals surface area contributed by atoms with E-state index in [9.17, 15) is 0 Å². The molecule has 2 heterocycles. The molecule has 3 aliphatic rings. The van der Waals surface area contributed by atoms with Crippen LogP contribution in [0, 0.1) is 6.92 Å². The van der Waals surface area contributed by atoms with Gasteiger partial charge >= 0.3 is 0 Å². The molecule has 14 rings (SSSR count). The standard InChI is InChI=1S/C75H69BN3/c1-47-24-31-53(32-25-47)77-65-45-62-60(72(2,3)38-40-74(62,6)7)42-58(65)59-43-67(78(54-33-26-50(27-34-54)48-18-12-10-13-19-48)55-35-28-51(29-36-55)49-20-14-11-15-21-49)68-57-37-30-52-22-16-17-23-56(52)70(57)79-66-46-63-61(44-64(66)76-69(59)71(68)79)73(4,5)39-41-75(63,8)9/h10-37,42-46,77H,38-41H2,1-9H3. The lowest BCUT2D eigenvalue weighted by molar-refractivity contribution is 0.332. The molecule has 1 radical (unpaired) electrons. The second-order valence-electron chi connectivity index (χ2n) is 25.8. The zero-order valence-corrected chi connectivity index (χ0v) is 47.4. The highest BCUT2D eigenvalue weighted by Crippen LogP contribution is 2.53. The summed E-state index contributed by atoms with van der Waals surface area (Å²) in [5.74, 6) is 0. The number of nitrogens with one attached hydrogen (secondary N) is 1.